The van der Waals surface area contributed by atoms with Gasteiger partial charge in [0.15, 0.2) is 0 Å². The molecule has 0 spiro atoms. The van der Waals surface area contributed by atoms with E-state index in [9.17, 15) is 4.79 Å². The molecular formula is C13H14N6O. The summed E-state index contributed by atoms with van der Waals surface area (Å²) in [6.45, 7) is 2.17. The highest BCUT2D eigenvalue weighted by molar-refractivity contribution is 6.03. The Labute approximate surface area is 116 Å². The lowest BCUT2D eigenvalue weighted by molar-refractivity contribution is 0.102. The summed E-state index contributed by atoms with van der Waals surface area (Å²) < 4.78 is 0. The van der Waals surface area contributed by atoms with Gasteiger partial charge < -0.3 is 5.73 Å². The van der Waals surface area contributed by atoms with Gasteiger partial charge in [0.2, 0.25) is 0 Å². The molecule has 0 saturated carbocycles. The number of benzene rings is 1. The van der Waals surface area contributed by atoms with Crippen LogP contribution in [-0.2, 0) is 7.05 Å². The van der Waals surface area contributed by atoms with Crippen molar-refractivity contribution in [2.24, 2.45) is 12.8 Å². The Hall–Kier alpha value is -2.72. The van der Waals surface area contributed by atoms with E-state index < -0.39 is 0 Å². The van der Waals surface area contributed by atoms with E-state index in [0.717, 1.165) is 11.1 Å². The van der Waals surface area contributed by atoms with E-state index in [-0.39, 0.29) is 18.4 Å². The standard InChI is InChI=1S/C13H14N6O/c1-9-6-10(4-3-5-14)8-11(7-9)12(20)15-13-16-18-19(2)17-13/h6-8H,5,14H2,1-2H3,(H,15,17,20). The smallest absolute Gasteiger partial charge is 0.270 e. The van der Waals surface area contributed by atoms with Crippen molar-refractivity contribution in [3.63, 3.8) is 0 Å². The second-order valence-electron chi connectivity index (χ2n) is 4.15. The van der Waals surface area contributed by atoms with Crippen LogP contribution in [0.5, 0.6) is 0 Å². The second-order valence-corrected chi connectivity index (χ2v) is 4.15. The van der Waals surface area contributed by atoms with Crippen molar-refractivity contribution in [3.05, 3.63) is 34.9 Å². The lowest BCUT2D eigenvalue weighted by atomic mass is 10.1. The Bertz CT molecular complexity index is 694. The number of nitrogens with two attached hydrogens (primary N) is 1. The Morgan fingerprint density at radius 3 is 2.90 bits per heavy atom. The van der Waals surface area contributed by atoms with Crippen molar-refractivity contribution < 1.29 is 4.79 Å². The van der Waals surface area contributed by atoms with E-state index in [1.807, 2.05) is 13.0 Å². The molecular weight excluding hydrogens is 256 g/mol. The van der Waals surface area contributed by atoms with Crippen LogP contribution in [0.3, 0.4) is 0 Å². The van der Waals surface area contributed by atoms with Crippen molar-refractivity contribution in [1.29, 1.82) is 0 Å². The molecule has 0 aliphatic rings. The molecule has 1 aromatic carbocycles. The van der Waals surface area contributed by atoms with E-state index in [1.165, 1.54) is 4.80 Å². The highest BCUT2D eigenvalue weighted by Gasteiger charge is 2.10. The molecule has 0 aliphatic carbocycles. The quantitative estimate of drug-likeness (QED) is 0.753. The number of hydrogen-bond donors (Lipinski definition) is 2. The maximum atomic E-state index is 12.1. The summed E-state index contributed by atoms with van der Waals surface area (Å²) in [4.78, 5) is 13.4. The number of amides is 1. The Morgan fingerprint density at radius 2 is 2.25 bits per heavy atom. The first-order valence-electron chi connectivity index (χ1n) is 5.94. The Kier molecular flexibility index (Phi) is 4.08. The van der Waals surface area contributed by atoms with Crippen LogP contribution >= 0.6 is 0 Å². The number of rotatable bonds is 2. The zero-order chi connectivity index (χ0) is 14.5. The molecule has 20 heavy (non-hydrogen) atoms. The maximum Gasteiger partial charge on any atom is 0.270 e. The first-order valence-corrected chi connectivity index (χ1v) is 5.94. The van der Waals surface area contributed by atoms with Crippen LogP contribution < -0.4 is 11.1 Å². The lowest BCUT2D eigenvalue weighted by Crippen LogP contribution is -2.13. The number of aryl methyl sites for hydroxylation is 2. The molecule has 1 heterocycles. The molecule has 0 bridgehead atoms. The Morgan fingerprint density at radius 1 is 1.45 bits per heavy atom. The van der Waals surface area contributed by atoms with Gasteiger partial charge in [0, 0.05) is 11.1 Å². The van der Waals surface area contributed by atoms with Gasteiger partial charge in [0.25, 0.3) is 11.9 Å². The SMILES string of the molecule is Cc1cc(C#CCN)cc(C(=O)Nc2nnn(C)n2)c1. The van der Waals surface area contributed by atoms with Crippen molar-refractivity contribution in [3.8, 4) is 11.8 Å². The monoisotopic (exact) mass is 270 g/mol. The summed E-state index contributed by atoms with van der Waals surface area (Å²) in [5, 5.41) is 13.8. The molecule has 0 unspecified atom stereocenters. The summed E-state index contributed by atoms with van der Waals surface area (Å²) >= 11 is 0. The third kappa shape index (κ3) is 3.40. The van der Waals surface area contributed by atoms with Crippen LogP contribution in [-0.4, -0.2) is 32.7 Å². The average molecular weight is 270 g/mol. The minimum Gasteiger partial charge on any atom is -0.320 e. The highest BCUT2D eigenvalue weighted by Crippen LogP contribution is 2.10. The van der Waals surface area contributed by atoms with Crippen LogP contribution in [0.4, 0.5) is 5.95 Å². The van der Waals surface area contributed by atoms with Crippen LogP contribution in [0.15, 0.2) is 18.2 Å². The topological polar surface area (TPSA) is 98.7 Å². The molecule has 0 aliphatic heterocycles. The van der Waals surface area contributed by atoms with Gasteiger partial charge in [0.1, 0.15) is 0 Å². The van der Waals surface area contributed by atoms with Crippen molar-refractivity contribution in [1.82, 2.24) is 20.2 Å². The highest BCUT2D eigenvalue weighted by atomic mass is 16.1. The second kappa shape index (κ2) is 5.95. The lowest BCUT2D eigenvalue weighted by Gasteiger charge is -2.03. The zero-order valence-corrected chi connectivity index (χ0v) is 11.2. The first kappa shape index (κ1) is 13.7. The first-order chi connectivity index (χ1) is 9.58. The molecule has 102 valence electrons. The van der Waals surface area contributed by atoms with Crippen LogP contribution in [0.2, 0.25) is 0 Å². The Balaban J connectivity index is 2.23. The van der Waals surface area contributed by atoms with Gasteiger partial charge in [-0.25, -0.2) is 0 Å². The molecule has 7 heteroatoms. The van der Waals surface area contributed by atoms with Gasteiger partial charge >= 0.3 is 0 Å². The summed E-state index contributed by atoms with van der Waals surface area (Å²) in [6, 6.07) is 5.35. The number of carbonyl (C=O) groups excluding carboxylic acids is 1. The molecule has 2 aromatic rings. The number of hydrogen-bond acceptors (Lipinski definition) is 5. The third-order valence-corrected chi connectivity index (χ3v) is 2.41. The van der Waals surface area contributed by atoms with Crippen molar-refractivity contribution in [2.75, 3.05) is 11.9 Å². The fourth-order valence-corrected chi connectivity index (χ4v) is 1.65. The van der Waals surface area contributed by atoms with Gasteiger partial charge in [-0.15, -0.1) is 5.10 Å². The summed E-state index contributed by atoms with van der Waals surface area (Å²) in [5.74, 6) is 5.52. The molecule has 0 radical (unpaired) electrons. The fraction of sp³-hybridized carbons (Fsp3) is 0.231. The molecule has 0 atom stereocenters. The summed E-state index contributed by atoms with van der Waals surface area (Å²) in [5.41, 5.74) is 7.50. The molecule has 7 nitrogen and oxygen atoms in total. The fourth-order valence-electron chi connectivity index (χ4n) is 1.65. The van der Waals surface area contributed by atoms with Gasteiger partial charge in [-0.05, 0) is 35.9 Å². The largest absolute Gasteiger partial charge is 0.320 e. The van der Waals surface area contributed by atoms with Crippen LogP contribution in [0.25, 0.3) is 0 Å². The predicted octanol–water partition coefficient (Wildman–Crippen LogP) is 0.0810. The van der Waals surface area contributed by atoms with Gasteiger partial charge in [0.05, 0.1) is 13.6 Å². The molecule has 1 aromatic heterocycles. The van der Waals surface area contributed by atoms with E-state index in [1.54, 1.807) is 19.2 Å². The molecule has 1 amide bonds. The number of aromatic nitrogens is 4. The van der Waals surface area contributed by atoms with Crippen LogP contribution in [0.1, 0.15) is 21.5 Å². The maximum absolute atomic E-state index is 12.1. The number of nitrogens with one attached hydrogen (secondary N) is 1. The van der Waals surface area contributed by atoms with E-state index in [4.69, 9.17) is 5.73 Å². The van der Waals surface area contributed by atoms with Gasteiger partial charge in [-0.3, -0.25) is 10.1 Å². The minimum absolute atomic E-state index is 0.161. The van der Waals surface area contributed by atoms with E-state index in [2.05, 4.69) is 32.6 Å². The number of anilines is 1. The normalized spacial score (nSPS) is 9.75. The molecule has 0 saturated heterocycles. The predicted molar refractivity (Wildman–Crippen MR) is 73.9 cm³/mol. The van der Waals surface area contributed by atoms with E-state index in [0.29, 0.717) is 5.56 Å². The van der Waals surface area contributed by atoms with Crippen LogP contribution in [0, 0.1) is 18.8 Å². The van der Waals surface area contributed by atoms with Gasteiger partial charge in [-0.1, -0.05) is 16.9 Å². The van der Waals surface area contributed by atoms with Crippen molar-refractivity contribution in [2.45, 2.75) is 6.92 Å². The molecule has 0 fully saturated rings. The number of tetrazole rings is 1. The summed E-state index contributed by atoms with van der Waals surface area (Å²) in [6.07, 6.45) is 0. The van der Waals surface area contributed by atoms with E-state index >= 15 is 0 Å². The van der Waals surface area contributed by atoms with Crippen molar-refractivity contribution >= 4 is 11.9 Å². The number of carbonyl (C=O) groups is 1. The minimum atomic E-state index is -0.308. The number of nitrogens with zero attached hydrogens (tertiary/aromatic N) is 4. The zero-order valence-electron chi connectivity index (χ0n) is 11.2. The average Bonchev–Trinajstić information content (AvgIpc) is 2.81. The third-order valence-electron chi connectivity index (χ3n) is 2.41. The molecule has 2 rings (SSSR count). The van der Waals surface area contributed by atoms with Gasteiger partial charge in [-0.2, -0.15) is 4.80 Å². The summed E-state index contributed by atoms with van der Waals surface area (Å²) in [7, 11) is 1.62. The molecule has 3 N–H and O–H groups in total.